The van der Waals surface area contributed by atoms with Gasteiger partial charge in [0.15, 0.2) is 0 Å². The molecule has 0 saturated heterocycles. The minimum absolute atomic E-state index is 0.0997. The second-order valence-electron chi connectivity index (χ2n) is 8.71. The molecule has 0 saturated carbocycles. The Morgan fingerprint density at radius 1 is 1.06 bits per heavy atom. The van der Waals surface area contributed by atoms with E-state index in [1.807, 2.05) is 6.92 Å². The summed E-state index contributed by atoms with van der Waals surface area (Å²) >= 11 is 0. The molecule has 3 aromatic carbocycles. The highest BCUT2D eigenvalue weighted by molar-refractivity contribution is 5.92. The lowest BCUT2D eigenvalue weighted by Crippen LogP contribution is -2.13. The van der Waals surface area contributed by atoms with Gasteiger partial charge in [-0.1, -0.05) is 50.5 Å². The summed E-state index contributed by atoms with van der Waals surface area (Å²) in [6, 6.07) is 15.7. The molecule has 0 aliphatic heterocycles. The minimum Gasteiger partial charge on any atom is -0.488 e. The van der Waals surface area contributed by atoms with Crippen molar-refractivity contribution in [3.63, 3.8) is 0 Å². The quantitative estimate of drug-likeness (QED) is 0.0759. The molecule has 0 spiro atoms. The highest BCUT2D eigenvalue weighted by Gasteiger charge is 2.21. The van der Waals surface area contributed by atoms with E-state index >= 15 is 0 Å². The maximum absolute atomic E-state index is 12.5. The van der Waals surface area contributed by atoms with Gasteiger partial charge in [0.05, 0.1) is 40.5 Å². The van der Waals surface area contributed by atoms with Crippen LogP contribution in [0.15, 0.2) is 60.7 Å². The number of nitrogens with two attached hydrogens (primary N) is 1. The first kappa shape index (κ1) is 26.7. The maximum atomic E-state index is 12.5. The van der Waals surface area contributed by atoms with Gasteiger partial charge >= 0.3 is 5.97 Å². The number of esters is 1. The van der Waals surface area contributed by atoms with Crippen LogP contribution in [0.1, 0.15) is 61.9 Å². The molecule has 3 rings (SSSR count). The van der Waals surface area contributed by atoms with E-state index in [0.717, 1.165) is 25.7 Å². The second-order valence-corrected chi connectivity index (χ2v) is 8.71. The van der Waals surface area contributed by atoms with Crippen molar-refractivity contribution in [3.05, 3.63) is 81.9 Å². The Hall–Kier alpha value is -3.91. The van der Waals surface area contributed by atoms with Gasteiger partial charge in [-0.3, -0.25) is 10.1 Å². The molecule has 0 fully saturated rings. The zero-order chi connectivity index (χ0) is 26.1. The number of aliphatic hydroxyl groups excluding tert-OH is 1. The van der Waals surface area contributed by atoms with Crippen LogP contribution >= 0.6 is 0 Å². The van der Waals surface area contributed by atoms with Crippen molar-refractivity contribution >= 4 is 17.3 Å². The van der Waals surface area contributed by atoms with Crippen molar-refractivity contribution < 1.29 is 24.3 Å². The molecule has 1 unspecified atom stereocenters. The third-order valence-corrected chi connectivity index (χ3v) is 5.87. The number of rotatable bonds is 12. The molecule has 0 bridgehead atoms. The van der Waals surface area contributed by atoms with Crippen molar-refractivity contribution in [1.29, 1.82) is 0 Å². The average Bonchev–Trinajstić information content (AvgIpc) is 2.88. The molecular weight excluding hydrogens is 460 g/mol. The number of hydrogen-bond acceptors (Lipinski definition) is 7. The lowest BCUT2D eigenvalue weighted by Gasteiger charge is -2.17. The Morgan fingerprint density at radius 2 is 1.75 bits per heavy atom. The summed E-state index contributed by atoms with van der Waals surface area (Å²) in [6.45, 7) is 3.99. The molecule has 0 amide bonds. The van der Waals surface area contributed by atoms with Crippen LogP contribution in [0.3, 0.4) is 0 Å². The van der Waals surface area contributed by atoms with E-state index in [1.165, 1.54) is 18.6 Å². The maximum Gasteiger partial charge on any atom is 0.343 e. The van der Waals surface area contributed by atoms with E-state index in [0.29, 0.717) is 33.9 Å². The summed E-state index contributed by atoms with van der Waals surface area (Å²) in [4.78, 5) is 23.9. The smallest absolute Gasteiger partial charge is 0.343 e. The van der Waals surface area contributed by atoms with Gasteiger partial charge in [-0.15, -0.1) is 0 Å². The van der Waals surface area contributed by atoms with Gasteiger partial charge in [0.2, 0.25) is 0 Å². The van der Waals surface area contributed by atoms with E-state index < -0.39 is 10.9 Å². The van der Waals surface area contributed by atoms with E-state index in [2.05, 4.69) is 6.92 Å². The fourth-order valence-corrected chi connectivity index (χ4v) is 3.82. The third kappa shape index (κ3) is 7.05. The average molecular weight is 493 g/mol. The van der Waals surface area contributed by atoms with Gasteiger partial charge in [-0.2, -0.15) is 0 Å². The molecule has 3 N–H and O–H groups in total. The molecule has 8 nitrogen and oxygen atoms in total. The molecule has 8 heteroatoms. The van der Waals surface area contributed by atoms with Crippen molar-refractivity contribution in [2.45, 2.75) is 58.7 Å². The van der Waals surface area contributed by atoms with Crippen LogP contribution in [0.4, 0.5) is 11.4 Å². The standard InChI is InChI=1S/C28H32N2O6/c1-3-4-5-6-7-19(2)35-27-17-26(30(33)34)24(16-25(27)29)21-10-12-22(13-11-21)28(32)36-23-14-8-20(18-31)9-15-23/h8-17,19,31H,3-7,18,29H2,1-2H3. The predicted octanol–water partition coefficient (Wildman–Crippen LogP) is 6.29. The summed E-state index contributed by atoms with van der Waals surface area (Å²) in [6.07, 6.45) is 5.20. The Balaban J connectivity index is 1.75. The molecule has 0 heterocycles. The van der Waals surface area contributed by atoms with Crippen LogP contribution < -0.4 is 15.2 Å². The van der Waals surface area contributed by atoms with Gasteiger partial charge in [0, 0.05) is 0 Å². The summed E-state index contributed by atoms with van der Waals surface area (Å²) in [5, 5.41) is 20.9. The number of nitro benzene ring substituents is 1. The predicted molar refractivity (Wildman–Crippen MR) is 139 cm³/mol. The number of carbonyl (C=O) groups is 1. The summed E-state index contributed by atoms with van der Waals surface area (Å²) in [5.41, 5.74) is 8.25. The number of anilines is 1. The second kappa shape index (κ2) is 12.7. The van der Waals surface area contributed by atoms with Crippen LogP contribution in [0.2, 0.25) is 0 Å². The number of benzene rings is 3. The number of aliphatic hydroxyl groups is 1. The van der Waals surface area contributed by atoms with Crippen molar-refractivity contribution in [3.8, 4) is 22.6 Å². The van der Waals surface area contributed by atoms with Crippen molar-refractivity contribution in [2.24, 2.45) is 0 Å². The lowest BCUT2D eigenvalue weighted by atomic mass is 10.0. The minimum atomic E-state index is -0.566. The Labute approximate surface area is 210 Å². The first-order valence-corrected chi connectivity index (χ1v) is 12.1. The van der Waals surface area contributed by atoms with E-state index in [9.17, 15) is 14.9 Å². The number of nitro groups is 1. The van der Waals surface area contributed by atoms with Crippen LogP contribution in [0, 0.1) is 10.1 Å². The number of unbranched alkanes of at least 4 members (excludes halogenated alkanes) is 3. The van der Waals surface area contributed by atoms with Crippen LogP contribution in [0.5, 0.6) is 11.5 Å². The largest absolute Gasteiger partial charge is 0.488 e. The van der Waals surface area contributed by atoms with Crippen LogP contribution in [-0.2, 0) is 6.61 Å². The van der Waals surface area contributed by atoms with Gasteiger partial charge in [0.25, 0.3) is 5.69 Å². The Kier molecular flexibility index (Phi) is 9.41. The number of nitrogen functional groups attached to an aromatic ring is 1. The molecule has 0 aliphatic carbocycles. The number of nitrogens with zero attached hydrogens (tertiary/aromatic N) is 1. The zero-order valence-corrected chi connectivity index (χ0v) is 20.6. The van der Waals surface area contributed by atoms with Crippen molar-refractivity contribution in [2.75, 3.05) is 5.73 Å². The highest BCUT2D eigenvalue weighted by Crippen LogP contribution is 2.38. The monoisotopic (exact) mass is 492 g/mol. The Bertz CT molecular complexity index is 1180. The highest BCUT2D eigenvalue weighted by atomic mass is 16.6. The molecular formula is C28H32N2O6. The van der Waals surface area contributed by atoms with Crippen molar-refractivity contribution in [1.82, 2.24) is 0 Å². The van der Waals surface area contributed by atoms with Gasteiger partial charge < -0.3 is 20.3 Å². The fraction of sp³-hybridized carbons (Fsp3) is 0.321. The molecule has 0 radical (unpaired) electrons. The SMILES string of the molecule is CCCCCCC(C)Oc1cc([N+](=O)[O-])c(-c2ccc(C(=O)Oc3ccc(CO)cc3)cc2)cc1N. The van der Waals surface area contributed by atoms with Crippen LogP contribution in [0.25, 0.3) is 11.1 Å². The number of hydrogen-bond donors (Lipinski definition) is 2. The van der Waals surface area contributed by atoms with Gasteiger partial charge in [-0.05, 0) is 61.2 Å². The van der Waals surface area contributed by atoms with Gasteiger partial charge in [0.1, 0.15) is 11.5 Å². The molecule has 3 aromatic rings. The summed E-state index contributed by atoms with van der Waals surface area (Å²) < 4.78 is 11.3. The van der Waals surface area contributed by atoms with E-state index in [4.69, 9.17) is 20.3 Å². The lowest BCUT2D eigenvalue weighted by molar-refractivity contribution is -0.384. The topological polar surface area (TPSA) is 125 Å². The Morgan fingerprint density at radius 3 is 2.36 bits per heavy atom. The first-order chi connectivity index (χ1) is 17.3. The van der Waals surface area contributed by atoms with Gasteiger partial charge in [-0.25, -0.2) is 4.79 Å². The number of carbonyl (C=O) groups excluding carboxylic acids is 1. The van der Waals surface area contributed by atoms with Crippen LogP contribution in [-0.4, -0.2) is 22.1 Å². The summed E-state index contributed by atoms with van der Waals surface area (Å²) in [5.74, 6) is 0.0738. The normalized spacial score (nSPS) is 11.6. The van der Waals surface area contributed by atoms with E-state index in [1.54, 1.807) is 48.5 Å². The fourth-order valence-electron chi connectivity index (χ4n) is 3.82. The van der Waals surface area contributed by atoms with E-state index in [-0.39, 0.29) is 24.0 Å². The molecule has 36 heavy (non-hydrogen) atoms. The molecule has 0 aliphatic rings. The molecule has 190 valence electrons. The number of ether oxygens (including phenoxy) is 2. The molecule has 1 atom stereocenters. The third-order valence-electron chi connectivity index (χ3n) is 5.87. The zero-order valence-electron chi connectivity index (χ0n) is 20.6. The first-order valence-electron chi connectivity index (χ1n) is 12.1. The summed E-state index contributed by atoms with van der Waals surface area (Å²) in [7, 11) is 0. The molecule has 0 aromatic heterocycles.